The van der Waals surface area contributed by atoms with E-state index in [1.54, 1.807) is 10.7 Å². The van der Waals surface area contributed by atoms with Crippen molar-refractivity contribution in [3.63, 3.8) is 0 Å². The molecule has 1 aliphatic rings. The number of halogens is 1. The van der Waals surface area contributed by atoms with Crippen molar-refractivity contribution in [3.8, 4) is 22.4 Å². The number of aliphatic carboxylic acids is 1. The first kappa shape index (κ1) is 23.4. The largest absolute Gasteiger partial charge is 0.479 e. The highest BCUT2D eigenvalue weighted by Crippen LogP contribution is 2.41. The van der Waals surface area contributed by atoms with Crippen LogP contribution in [0.25, 0.3) is 28.0 Å². The summed E-state index contributed by atoms with van der Waals surface area (Å²) in [6.07, 6.45) is 5.97. The van der Waals surface area contributed by atoms with E-state index in [0.29, 0.717) is 11.5 Å². The van der Waals surface area contributed by atoms with E-state index < -0.39 is 12.1 Å². The first-order chi connectivity index (χ1) is 17.0. The standard InChI is InChI=1S/C26H26BrN5O3/c1-35-23(26(33)34)17-9-7-16(8-10-17)22-21(27)24(28)32-25(31-22)19(14-30-32)18-11-12-20(29-13-18)15-5-3-2-4-6-15/h2-6,11-14,16-17,23H,7-10,28H2,1H3,(H,33,34)/t16?,17?,23-/m1/s1. The monoisotopic (exact) mass is 535 g/mol. The predicted octanol–water partition coefficient (Wildman–Crippen LogP) is 5.18. The van der Waals surface area contributed by atoms with E-state index in [-0.39, 0.29) is 11.8 Å². The van der Waals surface area contributed by atoms with Crippen LogP contribution in [0.15, 0.2) is 59.3 Å². The van der Waals surface area contributed by atoms with Crippen LogP contribution in [-0.2, 0) is 9.53 Å². The third kappa shape index (κ3) is 4.41. The number of ether oxygens (including phenoxy) is 1. The van der Waals surface area contributed by atoms with Crippen LogP contribution in [0.4, 0.5) is 5.82 Å². The van der Waals surface area contributed by atoms with Crippen LogP contribution >= 0.6 is 15.9 Å². The summed E-state index contributed by atoms with van der Waals surface area (Å²) in [6, 6.07) is 14.0. The Morgan fingerprint density at radius 2 is 1.86 bits per heavy atom. The molecular weight excluding hydrogens is 510 g/mol. The van der Waals surface area contributed by atoms with Crippen molar-refractivity contribution in [2.75, 3.05) is 12.8 Å². The Bertz CT molecular complexity index is 1350. The Labute approximate surface area is 211 Å². The zero-order valence-electron chi connectivity index (χ0n) is 19.3. The number of carboxylic acids is 1. The molecule has 3 N–H and O–H groups in total. The van der Waals surface area contributed by atoms with E-state index in [2.05, 4.69) is 26.0 Å². The van der Waals surface area contributed by atoms with Crippen LogP contribution in [0.2, 0.25) is 0 Å². The zero-order valence-corrected chi connectivity index (χ0v) is 20.9. The maximum Gasteiger partial charge on any atom is 0.333 e. The van der Waals surface area contributed by atoms with Crippen molar-refractivity contribution in [2.45, 2.75) is 37.7 Å². The van der Waals surface area contributed by atoms with E-state index in [1.165, 1.54) is 7.11 Å². The van der Waals surface area contributed by atoms with Gasteiger partial charge in [-0.25, -0.2) is 9.78 Å². The Hall–Kier alpha value is -3.30. The number of nitrogens with zero attached hydrogens (tertiary/aromatic N) is 4. The SMILES string of the molecule is CO[C@@H](C(=O)O)C1CCC(c2nc3c(-c4ccc(-c5ccccc5)nc4)cnn3c(N)c2Br)CC1. The van der Waals surface area contributed by atoms with E-state index in [4.69, 9.17) is 15.5 Å². The van der Waals surface area contributed by atoms with Gasteiger partial charge in [-0.3, -0.25) is 4.98 Å². The Kier molecular flexibility index (Phi) is 6.53. The topological polar surface area (TPSA) is 116 Å². The normalized spacial score (nSPS) is 19.0. The fraction of sp³-hybridized carbons (Fsp3) is 0.308. The number of fused-ring (bicyclic) bond motifs is 1. The average Bonchev–Trinajstić information content (AvgIpc) is 3.32. The van der Waals surface area contributed by atoms with Gasteiger partial charge in [0.05, 0.1) is 22.1 Å². The minimum atomic E-state index is -0.906. The minimum absolute atomic E-state index is 0.00617. The molecule has 0 saturated heterocycles. The molecule has 8 nitrogen and oxygen atoms in total. The summed E-state index contributed by atoms with van der Waals surface area (Å²) in [5, 5.41) is 13.9. The van der Waals surface area contributed by atoms with Gasteiger partial charge in [0, 0.05) is 35.9 Å². The summed E-state index contributed by atoms with van der Waals surface area (Å²) in [6.45, 7) is 0. The molecule has 1 aliphatic carbocycles. The lowest BCUT2D eigenvalue weighted by atomic mass is 9.78. The molecule has 9 heteroatoms. The highest BCUT2D eigenvalue weighted by molar-refractivity contribution is 9.10. The lowest BCUT2D eigenvalue weighted by Gasteiger charge is -2.31. The van der Waals surface area contributed by atoms with Gasteiger partial charge in [0.15, 0.2) is 11.8 Å². The molecule has 1 atom stereocenters. The highest BCUT2D eigenvalue weighted by atomic mass is 79.9. The van der Waals surface area contributed by atoms with Crippen LogP contribution in [0.1, 0.15) is 37.3 Å². The third-order valence-corrected chi connectivity index (χ3v) is 7.69. The number of carboxylic acid groups (broad SMARTS) is 1. The van der Waals surface area contributed by atoms with Gasteiger partial charge in [-0.2, -0.15) is 9.61 Å². The Morgan fingerprint density at radius 3 is 2.49 bits per heavy atom. The lowest BCUT2D eigenvalue weighted by Crippen LogP contribution is -2.34. The maximum absolute atomic E-state index is 11.5. The summed E-state index contributed by atoms with van der Waals surface area (Å²) in [7, 11) is 1.46. The predicted molar refractivity (Wildman–Crippen MR) is 137 cm³/mol. The van der Waals surface area contributed by atoms with Crippen LogP contribution in [0, 0.1) is 5.92 Å². The summed E-state index contributed by atoms with van der Waals surface area (Å²) in [5.41, 5.74) is 11.7. The first-order valence-electron chi connectivity index (χ1n) is 11.6. The summed E-state index contributed by atoms with van der Waals surface area (Å²) >= 11 is 3.64. The van der Waals surface area contributed by atoms with Gasteiger partial charge in [0.2, 0.25) is 0 Å². The summed E-state index contributed by atoms with van der Waals surface area (Å²) in [5.74, 6) is -0.252. The number of anilines is 1. The van der Waals surface area contributed by atoms with E-state index >= 15 is 0 Å². The van der Waals surface area contributed by atoms with Gasteiger partial charge in [0.25, 0.3) is 0 Å². The molecule has 3 aromatic heterocycles. The second-order valence-corrected chi connectivity index (χ2v) is 9.69. The minimum Gasteiger partial charge on any atom is -0.479 e. The average molecular weight is 536 g/mol. The molecule has 0 bridgehead atoms. The van der Waals surface area contributed by atoms with Gasteiger partial charge in [-0.1, -0.05) is 36.4 Å². The number of benzene rings is 1. The maximum atomic E-state index is 11.5. The van der Waals surface area contributed by atoms with Gasteiger partial charge in [-0.15, -0.1) is 0 Å². The van der Waals surface area contributed by atoms with Gasteiger partial charge in [-0.05, 0) is 53.6 Å². The molecule has 35 heavy (non-hydrogen) atoms. The molecule has 1 fully saturated rings. The smallest absolute Gasteiger partial charge is 0.333 e. The number of hydrogen-bond donors (Lipinski definition) is 2. The van der Waals surface area contributed by atoms with Crippen LogP contribution < -0.4 is 5.73 Å². The molecule has 5 rings (SSSR count). The third-order valence-electron chi connectivity index (χ3n) is 6.88. The fourth-order valence-corrected chi connectivity index (χ4v) is 5.59. The molecule has 1 saturated carbocycles. The van der Waals surface area contributed by atoms with Crippen molar-refractivity contribution < 1.29 is 14.6 Å². The lowest BCUT2D eigenvalue weighted by molar-refractivity contribution is -0.152. The van der Waals surface area contributed by atoms with Crippen LogP contribution in [0.5, 0.6) is 0 Å². The van der Waals surface area contributed by atoms with Crippen molar-refractivity contribution in [1.29, 1.82) is 0 Å². The first-order valence-corrected chi connectivity index (χ1v) is 12.4. The van der Waals surface area contributed by atoms with Gasteiger partial charge >= 0.3 is 5.97 Å². The van der Waals surface area contributed by atoms with Crippen LogP contribution in [-0.4, -0.2) is 43.9 Å². The van der Waals surface area contributed by atoms with Gasteiger partial charge in [0.1, 0.15) is 5.82 Å². The second kappa shape index (κ2) is 9.75. The van der Waals surface area contributed by atoms with E-state index in [9.17, 15) is 9.90 Å². The Balaban J connectivity index is 1.45. The number of carbonyl (C=O) groups is 1. The van der Waals surface area contributed by atoms with Crippen molar-refractivity contribution in [3.05, 3.63) is 65.0 Å². The van der Waals surface area contributed by atoms with Gasteiger partial charge < -0.3 is 15.6 Å². The Morgan fingerprint density at radius 1 is 1.11 bits per heavy atom. The van der Waals surface area contributed by atoms with E-state index in [1.807, 2.05) is 48.7 Å². The number of aromatic nitrogens is 4. The van der Waals surface area contributed by atoms with E-state index in [0.717, 1.165) is 58.2 Å². The van der Waals surface area contributed by atoms with Crippen LogP contribution in [0.3, 0.4) is 0 Å². The number of hydrogen-bond acceptors (Lipinski definition) is 6. The summed E-state index contributed by atoms with van der Waals surface area (Å²) < 4.78 is 7.60. The molecule has 0 aliphatic heterocycles. The number of nitrogen functional groups attached to an aromatic ring is 1. The van der Waals surface area contributed by atoms with Crippen molar-refractivity contribution in [1.82, 2.24) is 19.6 Å². The molecule has 4 aromatic rings. The molecule has 0 spiro atoms. The molecule has 0 amide bonds. The number of nitrogens with two attached hydrogens (primary N) is 1. The highest BCUT2D eigenvalue weighted by Gasteiger charge is 2.34. The fourth-order valence-electron chi connectivity index (χ4n) is 5.01. The van der Waals surface area contributed by atoms with Crippen molar-refractivity contribution in [2.24, 2.45) is 5.92 Å². The summed E-state index contributed by atoms with van der Waals surface area (Å²) in [4.78, 5) is 21.1. The molecule has 1 aromatic carbocycles. The zero-order chi connectivity index (χ0) is 24.5. The second-order valence-electron chi connectivity index (χ2n) is 8.89. The molecule has 180 valence electrons. The molecule has 3 heterocycles. The quantitative estimate of drug-likeness (QED) is 0.349. The molecule has 0 unspecified atom stereocenters. The molecular formula is C26H26BrN5O3. The number of methoxy groups -OCH3 is 1. The van der Waals surface area contributed by atoms with Crippen molar-refractivity contribution >= 4 is 33.4 Å². The molecule has 0 radical (unpaired) electrons. The number of pyridine rings is 1. The number of rotatable bonds is 6.